The van der Waals surface area contributed by atoms with Crippen molar-refractivity contribution in [2.45, 2.75) is 38.7 Å². The topological polar surface area (TPSA) is 35.2 Å². The fraction of sp³-hybridized carbons (Fsp3) is 0.412. The van der Waals surface area contributed by atoms with E-state index in [1.807, 2.05) is 0 Å². The molecule has 1 aromatic carbocycles. The Morgan fingerprint density at radius 3 is 2.70 bits per heavy atom. The molecule has 0 radical (unpaired) electrons. The Balaban J connectivity index is 1.81. The molecular weight excluding hydrogens is 266 g/mol. The van der Waals surface area contributed by atoms with E-state index < -0.39 is 0 Å². The SMILES string of the molecule is Cc1ccsc1C(CN)Oc1ccc2c(c1)CCCC2. The van der Waals surface area contributed by atoms with Crippen LogP contribution in [0.3, 0.4) is 0 Å². The monoisotopic (exact) mass is 287 g/mol. The largest absolute Gasteiger partial charge is 0.484 e. The number of benzene rings is 1. The number of thiophene rings is 1. The Morgan fingerprint density at radius 2 is 2.00 bits per heavy atom. The van der Waals surface area contributed by atoms with Crippen LogP contribution in [0.25, 0.3) is 0 Å². The van der Waals surface area contributed by atoms with E-state index in [4.69, 9.17) is 10.5 Å². The highest BCUT2D eigenvalue weighted by Crippen LogP contribution is 2.30. The van der Waals surface area contributed by atoms with Crippen molar-refractivity contribution in [1.29, 1.82) is 0 Å². The second kappa shape index (κ2) is 5.98. The van der Waals surface area contributed by atoms with Crippen molar-refractivity contribution in [3.05, 3.63) is 51.2 Å². The zero-order valence-electron chi connectivity index (χ0n) is 11.9. The van der Waals surface area contributed by atoms with Gasteiger partial charge < -0.3 is 10.5 Å². The van der Waals surface area contributed by atoms with Gasteiger partial charge >= 0.3 is 0 Å². The maximum atomic E-state index is 6.14. The molecule has 0 spiro atoms. The lowest BCUT2D eigenvalue weighted by molar-refractivity contribution is 0.217. The van der Waals surface area contributed by atoms with Crippen molar-refractivity contribution in [3.8, 4) is 5.75 Å². The van der Waals surface area contributed by atoms with Crippen LogP contribution in [0, 0.1) is 6.92 Å². The molecule has 1 aliphatic carbocycles. The minimum atomic E-state index is -0.0309. The van der Waals surface area contributed by atoms with Crippen molar-refractivity contribution >= 4 is 11.3 Å². The Hall–Kier alpha value is -1.32. The summed E-state index contributed by atoms with van der Waals surface area (Å²) in [4.78, 5) is 1.24. The average molecular weight is 287 g/mol. The van der Waals surface area contributed by atoms with Crippen LogP contribution in [0.5, 0.6) is 5.75 Å². The van der Waals surface area contributed by atoms with E-state index in [1.165, 1.54) is 47.3 Å². The smallest absolute Gasteiger partial charge is 0.145 e. The van der Waals surface area contributed by atoms with Gasteiger partial charge in [-0.25, -0.2) is 0 Å². The van der Waals surface area contributed by atoms with Gasteiger partial charge in [0.1, 0.15) is 11.9 Å². The highest BCUT2D eigenvalue weighted by molar-refractivity contribution is 7.10. The molecule has 1 aliphatic rings. The number of fused-ring (bicyclic) bond motifs is 1. The number of nitrogens with two attached hydrogens (primary N) is 1. The van der Waals surface area contributed by atoms with E-state index in [1.54, 1.807) is 11.3 Å². The summed E-state index contributed by atoms with van der Waals surface area (Å²) in [5.41, 5.74) is 10.1. The number of aryl methyl sites for hydroxylation is 3. The molecule has 1 aromatic heterocycles. The molecular formula is C17H21NOS. The van der Waals surface area contributed by atoms with Crippen LogP contribution in [-0.4, -0.2) is 6.54 Å². The van der Waals surface area contributed by atoms with Gasteiger partial charge in [-0.2, -0.15) is 0 Å². The van der Waals surface area contributed by atoms with Gasteiger partial charge in [-0.05, 0) is 72.9 Å². The summed E-state index contributed by atoms with van der Waals surface area (Å²) in [7, 11) is 0. The van der Waals surface area contributed by atoms with E-state index >= 15 is 0 Å². The van der Waals surface area contributed by atoms with E-state index in [9.17, 15) is 0 Å². The highest BCUT2D eigenvalue weighted by Gasteiger charge is 2.17. The summed E-state index contributed by atoms with van der Waals surface area (Å²) >= 11 is 1.73. The minimum absolute atomic E-state index is 0.0309. The number of rotatable bonds is 4. The van der Waals surface area contributed by atoms with Gasteiger partial charge in [0.2, 0.25) is 0 Å². The van der Waals surface area contributed by atoms with Crippen molar-refractivity contribution in [1.82, 2.24) is 0 Å². The quantitative estimate of drug-likeness (QED) is 0.922. The van der Waals surface area contributed by atoms with Crippen LogP contribution < -0.4 is 10.5 Å². The van der Waals surface area contributed by atoms with Crippen LogP contribution in [0.4, 0.5) is 0 Å². The van der Waals surface area contributed by atoms with Crippen molar-refractivity contribution < 1.29 is 4.74 Å². The van der Waals surface area contributed by atoms with Gasteiger partial charge in [-0.1, -0.05) is 6.07 Å². The van der Waals surface area contributed by atoms with Gasteiger partial charge in [0.15, 0.2) is 0 Å². The third kappa shape index (κ3) is 2.74. The summed E-state index contributed by atoms with van der Waals surface area (Å²) in [6.45, 7) is 2.63. The molecule has 0 saturated carbocycles. The summed E-state index contributed by atoms with van der Waals surface area (Å²) in [6.07, 6.45) is 4.96. The van der Waals surface area contributed by atoms with Crippen LogP contribution in [-0.2, 0) is 12.8 Å². The van der Waals surface area contributed by atoms with Crippen LogP contribution in [0.2, 0.25) is 0 Å². The molecule has 2 nitrogen and oxygen atoms in total. The van der Waals surface area contributed by atoms with E-state index in [0.29, 0.717) is 6.54 Å². The second-order valence-corrected chi connectivity index (χ2v) is 6.40. The Bertz CT molecular complexity index is 590. The summed E-state index contributed by atoms with van der Waals surface area (Å²) in [5.74, 6) is 0.953. The minimum Gasteiger partial charge on any atom is -0.484 e. The lowest BCUT2D eigenvalue weighted by Crippen LogP contribution is -2.18. The molecule has 1 heterocycles. The second-order valence-electron chi connectivity index (χ2n) is 5.45. The van der Waals surface area contributed by atoms with E-state index in [0.717, 1.165) is 5.75 Å². The van der Waals surface area contributed by atoms with Crippen LogP contribution in [0.1, 0.15) is 40.5 Å². The molecule has 1 atom stereocenters. The summed E-state index contributed by atoms with van der Waals surface area (Å²) < 4.78 is 6.14. The predicted octanol–water partition coefficient (Wildman–Crippen LogP) is 4.01. The highest BCUT2D eigenvalue weighted by atomic mass is 32.1. The van der Waals surface area contributed by atoms with Gasteiger partial charge in [0.25, 0.3) is 0 Å². The molecule has 0 amide bonds. The first kappa shape index (κ1) is 13.7. The van der Waals surface area contributed by atoms with Crippen molar-refractivity contribution in [3.63, 3.8) is 0 Å². The van der Waals surface area contributed by atoms with Gasteiger partial charge in [-0.3, -0.25) is 0 Å². The average Bonchev–Trinajstić information content (AvgIpc) is 2.91. The van der Waals surface area contributed by atoms with Gasteiger partial charge in [-0.15, -0.1) is 11.3 Å². The maximum Gasteiger partial charge on any atom is 0.145 e. The molecule has 0 aliphatic heterocycles. The van der Waals surface area contributed by atoms with Crippen LogP contribution in [0.15, 0.2) is 29.6 Å². The Kier molecular flexibility index (Phi) is 4.08. The Morgan fingerprint density at radius 1 is 1.20 bits per heavy atom. The first-order chi connectivity index (χ1) is 9.78. The molecule has 0 saturated heterocycles. The standard InChI is InChI=1S/C17H21NOS/c1-12-8-9-20-17(12)16(11-18)19-15-7-6-13-4-2-3-5-14(13)10-15/h6-10,16H,2-5,11,18H2,1H3. The number of ether oxygens (including phenoxy) is 1. The van der Waals surface area contributed by atoms with Crippen LogP contribution >= 0.6 is 11.3 Å². The van der Waals surface area contributed by atoms with Crippen molar-refractivity contribution in [2.24, 2.45) is 5.73 Å². The van der Waals surface area contributed by atoms with Gasteiger partial charge in [0, 0.05) is 11.4 Å². The third-order valence-electron chi connectivity index (χ3n) is 4.01. The molecule has 0 fully saturated rings. The maximum absolute atomic E-state index is 6.14. The van der Waals surface area contributed by atoms with E-state index in [-0.39, 0.29) is 6.10 Å². The summed E-state index contributed by atoms with van der Waals surface area (Å²) in [5, 5.41) is 2.10. The van der Waals surface area contributed by atoms with Crippen molar-refractivity contribution in [2.75, 3.05) is 6.54 Å². The molecule has 0 bridgehead atoms. The molecule has 106 valence electrons. The fourth-order valence-electron chi connectivity index (χ4n) is 2.87. The first-order valence-electron chi connectivity index (χ1n) is 7.30. The lowest BCUT2D eigenvalue weighted by atomic mass is 9.92. The zero-order chi connectivity index (χ0) is 13.9. The molecule has 1 unspecified atom stereocenters. The lowest BCUT2D eigenvalue weighted by Gasteiger charge is -2.20. The summed E-state index contributed by atoms with van der Waals surface area (Å²) in [6, 6.07) is 8.65. The molecule has 3 rings (SSSR count). The normalized spacial score (nSPS) is 15.7. The first-order valence-corrected chi connectivity index (χ1v) is 8.18. The molecule has 20 heavy (non-hydrogen) atoms. The number of hydrogen-bond acceptors (Lipinski definition) is 3. The number of hydrogen-bond donors (Lipinski definition) is 1. The molecule has 3 heteroatoms. The molecule has 2 N–H and O–H groups in total. The van der Waals surface area contributed by atoms with E-state index in [2.05, 4.69) is 36.6 Å². The Labute approximate surface area is 124 Å². The third-order valence-corrected chi connectivity index (χ3v) is 5.12. The molecule has 2 aromatic rings. The zero-order valence-corrected chi connectivity index (χ0v) is 12.7. The van der Waals surface area contributed by atoms with Gasteiger partial charge in [0.05, 0.1) is 0 Å². The predicted molar refractivity (Wildman–Crippen MR) is 84.6 cm³/mol. The fourth-order valence-corrected chi connectivity index (χ4v) is 3.84.